The number of hydrogen-bond acceptors (Lipinski definition) is 2. The van der Waals surface area contributed by atoms with Gasteiger partial charge in [0, 0.05) is 13.1 Å². The second-order valence-electron chi connectivity index (χ2n) is 16.7. The summed E-state index contributed by atoms with van der Waals surface area (Å²) in [5.41, 5.74) is 0. The summed E-state index contributed by atoms with van der Waals surface area (Å²) in [7, 11) is 0. The average molecular weight is 757 g/mol. The van der Waals surface area contributed by atoms with Gasteiger partial charge >= 0.3 is 0 Å². The fourth-order valence-corrected chi connectivity index (χ4v) is 7.55. The fourth-order valence-electron chi connectivity index (χ4n) is 7.55. The molecule has 0 radical (unpaired) electrons. The molecular formula is C50H96N2O2. The zero-order valence-corrected chi connectivity index (χ0v) is 36.8. The van der Waals surface area contributed by atoms with Gasteiger partial charge < -0.3 is 10.6 Å². The van der Waals surface area contributed by atoms with Crippen LogP contribution in [-0.4, -0.2) is 24.9 Å². The zero-order valence-electron chi connectivity index (χ0n) is 36.8. The summed E-state index contributed by atoms with van der Waals surface area (Å²) in [4.78, 5) is 24.1. The Hall–Kier alpha value is -1.58. The van der Waals surface area contributed by atoms with Gasteiger partial charge in [-0.25, -0.2) is 0 Å². The lowest BCUT2D eigenvalue weighted by Crippen LogP contribution is -2.33. The van der Waals surface area contributed by atoms with Crippen LogP contribution in [0, 0.1) is 0 Å². The Kier molecular flexibility index (Phi) is 46.2. The lowest BCUT2D eigenvalue weighted by molar-refractivity contribution is -0.118. The summed E-state index contributed by atoms with van der Waals surface area (Å²) in [6, 6.07) is 0. The Morgan fingerprint density at radius 3 is 0.685 bits per heavy atom. The molecule has 54 heavy (non-hydrogen) atoms. The third-order valence-corrected chi connectivity index (χ3v) is 11.2. The van der Waals surface area contributed by atoms with Crippen LogP contribution in [0.5, 0.6) is 0 Å². The second kappa shape index (κ2) is 47.6. The van der Waals surface area contributed by atoms with E-state index in [1.54, 1.807) is 12.2 Å². The van der Waals surface area contributed by atoms with Gasteiger partial charge in [-0.1, -0.05) is 257 Å². The third-order valence-electron chi connectivity index (χ3n) is 11.2. The van der Waals surface area contributed by atoms with Gasteiger partial charge in [-0.2, -0.15) is 0 Å². The van der Waals surface area contributed by atoms with Crippen molar-refractivity contribution in [3.63, 3.8) is 0 Å². The highest BCUT2D eigenvalue weighted by Crippen LogP contribution is 2.16. The quantitative estimate of drug-likeness (QED) is 0.0480. The Morgan fingerprint density at radius 1 is 0.296 bits per heavy atom. The van der Waals surface area contributed by atoms with Gasteiger partial charge in [0.05, 0.1) is 0 Å². The molecule has 0 bridgehead atoms. The molecule has 0 atom stereocenters. The van der Waals surface area contributed by atoms with Crippen molar-refractivity contribution in [2.45, 2.75) is 271 Å². The number of carbonyl (C=O) groups excluding carboxylic acids is 2. The van der Waals surface area contributed by atoms with E-state index in [0.29, 0.717) is 13.1 Å². The monoisotopic (exact) mass is 757 g/mol. The number of unbranched alkanes of at least 4 members (excludes halogenated alkanes) is 38. The number of amides is 2. The number of nitrogens with one attached hydrogen (secondary N) is 2. The minimum absolute atomic E-state index is 0.0676. The highest BCUT2D eigenvalue weighted by molar-refractivity contribution is 5.88. The first kappa shape index (κ1) is 52.4. The predicted molar refractivity (Wildman–Crippen MR) is 240 cm³/mol. The molecule has 318 valence electrons. The molecular weight excluding hydrogens is 661 g/mol. The van der Waals surface area contributed by atoms with Crippen molar-refractivity contribution < 1.29 is 9.59 Å². The summed E-state index contributed by atoms with van der Waals surface area (Å²) in [5, 5.41) is 5.73. The van der Waals surface area contributed by atoms with Crippen molar-refractivity contribution in [3.05, 3.63) is 24.3 Å². The third kappa shape index (κ3) is 46.6. The maximum absolute atomic E-state index is 12.0. The largest absolute Gasteiger partial charge is 0.351 e. The summed E-state index contributed by atoms with van der Waals surface area (Å²) in [6.07, 6.45) is 62.2. The SMILES string of the molecule is CCCCCCCCCCCCCCCCCCCCCC=CC(=O)NCCNC(=O)C=CCCCCCCCCCCCCCCCCCCCCC. The van der Waals surface area contributed by atoms with Crippen LogP contribution in [0.2, 0.25) is 0 Å². The summed E-state index contributed by atoms with van der Waals surface area (Å²) in [6.45, 7) is 5.50. The van der Waals surface area contributed by atoms with Crippen molar-refractivity contribution in [1.29, 1.82) is 0 Å². The number of carbonyl (C=O) groups is 2. The van der Waals surface area contributed by atoms with E-state index in [1.807, 2.05) is 12.2 Å². The van der Waals surface area contributed by atoms with E-state index in [9.17, 15) is 9.59 Å². The zero-order chi connectivity index (χ0) is 39.1. The van der Waals surface area contributed by atoms with Gasteiger partial charge in [0.2, 0.25) is 11.8 Å². The number of rotatable bonds is 45. The first-order valence-corrected chi connectivity index (χ1v) is 24.6. The molecule has 0 aliphatic rings. The summed E-state index contributed by atoms with van der Waals surface area (Å²) >= 11 is 0. The van der Waals surface area contributed by atoms with Crippen LogP contribution in [0.1, 0.15) is 271 Å². The van der Waals surface area contributed by atoms with E-state index in [4.69, 9.17) is 0 Å². The van der Waals surface area contributed by atoms with Crippen LogP contribution in [0.3, 0.4) is 0 Å². The molecule has 0 saturated heterocycles. The van der Waals surface area contributed by atoms with Crippen LogP contribution < -0.4 is 10.6 Å². The molecule has 0 saturated carbocycles. The maximum Gasteiger partial charge on any atom is 0.243 e. The highest BCUT2D eigenvalue weighted by Gasteiger charge is 1.99. The van der Waals surface area contributed by atoms with Gasteiger partial charge in [-0.05, 0) is 37.8 Å². The smallest absolute Gasteiger partial charge is 0.243 e. The lowest BCUT2D eigenvalue weighted by Gasteiger charge is -2.04. The minimum atomic E-state index is -0.0676. The molecule has 0 aromatic carbocycles. The maximum atomic E-state index is 12.0. The van der Waals surface area contributed by atoms with Crippen molar-refractivity contribution in [2.24, 2.45) is 0 Å². The molecule has 0 heterocycles. The van der Waals surface area contributed by atoms with Crippen molar-refractivity contribution in [1.82, 2.24) is 10.6 Å². The molecule has 4 nitrogen and oxygen atoms in total. The van der Waals surface area contributed by atoms with Crippen molar-refractivity contribution in [2.75, 3.05) is 13.1 Å². The van der Waals surface area contributed by atoms with E-state index in [0.717, 1.165) is 25.7 Å². The van der Waals surface area contributed by atoms with E-state index < -0.39 is 0 Å². The van der Waals surface area contributed by atoms with E-state index in [-0.39, 0.29) is 11.8 Å². The van der Waals surface area contributed by atoms with Crippen LogP contribution in [0.25, 0.3) is 0 Å². The van der Waals surface area contributed by atoms with Gasteiger partial charge in [0.25, 0.3) is 0 Å². The van der Waals surface area contributed by atoms with E-state index in [1.165, 1.54) is 231 Å². The van der Waals surface area contributed by atoms with Crippen LogP contribution in [-0.2, 0) is 9.59 Å². The predicted octanol–water partition coefficient (Wildman–Crippen LogP) is 16.0. The van der Waals surface area contributed by atoms with E-state index in [2.05, 4.69) is 24.5 Å². The molecule has 0 aliphatic heterocycles. The first-order valence-electron chi connectivity index (χ1n) is 24.6. The van der Waals surface area contributed by atoms with Gasteiger partial charge in [-0.15, -0.1) is 0 Å². The molecule has 0 spiro atoms. The average Bonchev–Trinajstić information content (AvgIpc) is 3.17. The van der Waals surface area contributed by atoms with E-state index >= 15 is 0 Å². The lowest BCUT2D eigenvalue weighted by atomic mass is 10.0. The molecule has 2 N–H and O–H groups in total. The second-order valence-corrected chi connectivity index (χ2v) is 16.7. The minimum Gasteiger partial charge on any atom is -0.351 e. The topological polar surface area (TPSA) is 58.2 Å². The molecule has 0 aromatic heterocycles. The molecule has 4 heteroatoms. The normalized spacial score (nSPS) is 11.7. The van der Waals surface area contributed by atoms with Crippen LogP contribution >= 0.6 is 0 Å². The van der Waals surface area contributed by atoms with Crippen molar-refractivity contribution >= 4 is 11.8 Å². The Labute approximate surface area is 339 Å². The molecule has 0 rings (SSSR count). The molecule has 0 aromatic rings. The molecule has 0 fully saturated rings. The number of allylic oxidation sites excluding steroid dienone is 2. The Morgan fingerprint density at radius 2 is 0.481 bits per heavy atom. The number of hydrogen-bond donors (Lipinski definition) is 2. The van der Waals surface area contributed by atoms with Gasteiger partial charge in [-0.3, -0.25) is 9.59 Å². The van der Waals surface area contributed by atoms with Gasteiger partial charge in [0.15, 0.2) is 0 Å². The summed E-state index contributed by atoms with van der Waals surface area (Å²) < 4.78 is 0. The van der Waals surface area contributed by atoms with Gasteiger partial charge in [0.1, 0.15) is 0 Å². The molecule has 2 amide bonds. The highest BCUT2D eigenvalue weighted by atomic mass is 16.2. The molecule has 0 unspecified atom stereocenters. The van der Waals surface area contributed by atoms with Crippen molar-refractivity contribution in [3.8, 4) is 0 Å². The fraction of sp³-hybridized carbons (Fsp3) is 0.880. The van der Waals surface area contributed by atoms with Crippen LogP contribution in [0.4, 0.5) is 0 Å². The molecule has 0 aliphatic carbocycles. The Balaban J connectivity index is 3.34. The van der Waals surface area contributed by atoms with Crippen LogP contribution in [0.15, 0.2) is 24.3 Å². The first-order chi connectivity index (χ1) is 26.7. The standard InChI is InChI=1S/C50H96N2O2/c1-3-5-7-9-11-13-15-17-19-21-23-25-27-29-31-33-35-37-39-41-43-45-49(53)51-47-48-52-50(54)46-44-42-40-38-36-34-32-30-28-26-24-22-20-18-16-14-12-10-8-6-4-2/h43-46H,3-42,47-48H2,1-2H3,(H,51,53)(H,52,54). The Bertz CT molecular complexity index is 740. The summed E-state index contributed by atoms with van der Waals surface area (Å²) in [5.74, 6) is -0.135.